The molecule has 0 fully saturated rings. The molecule has 0 radical (unpaired) electrons. The van der Waals surface area contributed by atoms with Crippen molar-refractivity contribution in [3.05, 3.63) is 58.6 Å². The monoisotopic (exact) mass is 385 g/mol. The van der Waals surface area contributed by atoms with Crippen LogP contribution in [0.4, 0.5) is 15.9 Å². The Morgan fingerprint density at radius 2 is 1.81 bits per heavy atom. The van der Waals surface area contributed by atoms with Crippen molar-refractivity contribution in [2.45, 2.75) is 0 Å². The fourth-order valence-electron chi connectivity index (χ4n) is 1.93. The Balaban J connectivity index is 2.17. The highest BCUT2D eigenvalue weighted by molar-refractivity contribution is 9.10. The first-order chi connectivity index (χ1) is 10.1. The predicted molar refractivity (Wildman–Crippen MR) is 87.0 cm³/mol. The molecule has 1 aromatic heterocycles. The lowest BCUT2D eigenvalue weighted by molar-refractivity contribution is 0.631. The number of para-hydroxylation sites is 1. The van der Waals surface area contributed by atoms with E-state index in [2.05, 4.69) is 26.1 Å². The van der Waals surface area contributed by atoms with Crippen LogP contribution in [0.25, 0.3) is 10.9 Å². The third-order valence-corrected chi connectivity index (χ3v) is 4.43. The van der Waals surface area contributed by atoms with E-state index in [1.807, 2.05) is 24.3 Å². The third kappa shape index (κ3) is 2.57. The molecule has 3 aromatic rings. The summed E-state index contributed by atoms with van der Waals surface area (Å²) in [6.45, 7) is 0. The number of hydrogen-bond acceptors (Lipinski definition) is 3. The zero-order valence-electron chi connectivity index (χ0n) is 10.4. The van der Waals surface area contributed by atoms with Gasteiger partial charge in [0.1, 0.15) is 6.33 Å². The van der Waals surface area contributed by atoms with E-state index >= 15 is 0 Å². The molecule has 0 atom stereocenters. The van der Waals surface area contributed by atoms with Crippen LogP contribution in [0.15, 0.2) is 42.7 Å². The quantitative estimate of drug-likeness (QED) is 0.428. The highest BCUT2D eigenvalue weighted by atomic mass is 79.9. The highest BCUT2D eigenvalue weighted by Gasteiger charge is 2.18. The molecule has 0 bridgehead atoms. The van der Waals surface area contributed by atoms with Gasteiger partial charge in [-0.2, -0.15) is 0 Å². The Kier molecular flexibility index (Phi) is 3.97. The van der Waals surface area contributed by atoms with Crippen molar-refractivity contribution < 1.29 is 4.39 Å². The van der Waals surface area contributed by atoms with Crippen molar-refractivity contribution in [3.8, 4) is 0 Å². The summed E-state index contributed by atoms with van der Waals surface area (Å²) in [4.78, 5) is 8.37. The van der Waals surface area contributed by atoms with Crippen LogP contribution in [0.2, 0.25) is 10.0 Å². The molecule has 1 heterocycles. The Bertz CT molecular complexity index is 823. The van der Waals surface area contributed by atoms with Gasteiger partial charge in [0.05, 0.1) is 37.4 Å². The number of benzene rings is 2. The topological polar surface area (TPSA) is 29.0 Å². The van der Waals surface area contributed by atoms with E-state index in [0.717, 1.165) is 10.9 Å². The Morgan fingerprint density at radius 3 is 2.62 bits per heavy atom. The van der Waals surface area contributed by atoms with Crippen LogP contribution in [0.3, 0.4) is 0 Å². The lowest BCUT2D eigenvalue weighted by atomic mass is 10.2. The van der Waals surface area contributed by atoms with E-state index < -0.39 is 5.82 Å². The van der Waals surface area contributed by atoms with Gasteiger partial charge in [-0.25, -0.2) is 14.4 Å². The molecule has 0 unspecified atom stereocenters. The molecule has 21 heavy (non-hydrogen) atoms. The molecular weight excluding hydrogens is 380 g/mol. The maximum absolute atomic E-state index is 14.3. The average molecular weight is 387 g/mol. The summed E-state index contributed by atoms with van der Waals surface area (Å²) < 4.78 is 15.7. The summed E-state index contributed by atoms with van der Waals surface area (Å²) in [5.74, 6) is -0.110. The number of rotatable bonds is 2. The first kappa shape index (κ1) is 14.5. The summed E-state index contributed by atoms with van der Waals surface area (Å²) in [5.41, 5.74) is 0.973. The largest absolute Gasteiger partial charge is 0.257 e. The Hall–Kier alpha value is -1.43. The maximum atomic E-state index is 14.3. The third-order valence-electron chi connectivity index (χ3n) is 2.93. The molecule has 0 N–H and O–H groups in total. The fraction of sp³-hybridized carbons (Fsp3) is 0. The van der Waals surface area contributed by atoms with Gasteiger partial charge in [0.25, 0.3) is 0 Å². The van der Waals surface area contributed by atoms with Gasteiger partial charge in [0.15, 0.2) is 11.6 Å². The maximum Gasteiger partial charge on any atom is 0.167 e. The molecule has 0 aliphatic rings. The summed E-state index contributed by atoms with van der Waals surface area (Å²) in [6.07, 6.45) is 1.42. The smallest absolute Gasteiger partial charge is 0.167 e. The molecule has 0 amide bonds. The second-order valence-corrected chi connectivity index (χ2v) is 5.68. The second-order valence-electron chi connectivity index (χ2n) is 4.19. The normalized spacial score (nSPS) is 10.9. The summed E-state index contributed by atoms with van der Waals surface area (Å²) >= 11 is 15.0. The van der Waals surface area contributed by atoms with Gasteiger partial charge >= 0.3 is 0 Å². The molecule has 7 heteroatoms. The Labute approximate surface area is 138 Å². The number of anilines is 2. The first-order valence-electron chi connectivity index (χ1n) is 5.88. The van der Waals surface area contributed by atoms with Crippen LogP contribution in [0.5, 0.6) is 0 Å². The number of halogens is 4. The molecule has 0 saturated heterocycles. The van der Waals surface area contributed by atoms with Crippen molar-refractivity contribution >= 4 is 61.8 Å². The Morgan fingerprint density at radius 1 is 1.05 bits per heavy atom. The van der Waals surface area contributed by atoms with Crippen LogP contribution in [0, 0.1) is 5.82 Å². The van der Waals surface area contributed by atoms with Crippen LogP contribution in [0.1, 0.15) is 0 Å². The van der Waals surface area contributed by atoms with E-state index in [-0.39, 0.29) is 15.7 Å². The molecule has 3 rings (SSSR count). The van der Waals surface area contributed by atoms with Gasteiger partial charge in [-0.1, -0.05) is 35.3 Å². The first-order valence-corrected chi connectivity index (χ1v) is 7.35. The molecule has 3 nitrogen and oxygen atoms in total. The van der Waals surface area contributed by atoms with Crippen molar-refractivity contribution in [2.75, 3.05) is 3.93 Å². The predicted octanol–water partition coefficient (Wildman–Crippen LogP) is 5.52. The second kappa shape index (κ2) is 5.75. The van der Waals surface area contributed by atoms with Crippen molar-refractivity contribution in [3.63, 3.8) is 0 Å². The number of hydrogen-bond donors (Lipinski definition) is 0. The van der Waals surface area contributed by atoms with Gasteiger partial charge < -0.3 is 0 Å². The van der Waals surface area contributed by atoms with E-state index in [1.54, 1.807) is 0 Å². The number of aromatic nitrogens is 2. The van der Waals surface area contributed by atoms with E-state index in [1.165, 1.54) is 22.4 Å². The van der Waals surface area contributed by atoms with Crippen molar-refractivity contribution in [2.24, 2.45) is 0 Å². The lowest BCUT2D eigenvalue weighted by Crippen LogP contribution is -2.07. The minimum Gasteiger partial charge on any atom is -0.257 e. The minimum absolute atomic E-state index is 0.128. The van der Waals surface area contributed by atoms with Gasteiger partial charge in [-0.3, -0.25) is 3.93 Å². The zero-order chi connectivity index (χ0) is 15.0. The zero-order valence-corrected chi connectivity index (χ0v) is 13.5. The van der Waals surface area contributed by atoms with E-state index in [4.69, 9.17) is 23.2 Å². The SMILES string of the molecule is Fc1c(N(Br)c2ncnc3ccccc23)ccc(Cl)c1Cl. The molecule has 0 aliphatic heterocycles. The molecular formula is C14H7BrCl2FN3. The molecule has 0 saturated carbocycles. The van der Waals surface area contributed by atoms with Crippen LogP contribution in [-0.2, 0) is 0 Å². The van der Waals surface area contributed by atoms with Crippen LogP contribution >= 0.6 is 39.3 Å². The fourth-order valence-corrected chi connectivity index (χ4v) is 2.79. The van der Waals surface area contributed by atoms with Crippen molar-refractivity contribution in [1.82, 2.24) is 9.97 Å². The number of nitrogens with zero attached hydrogens (tertiary/aromatic N) is 3. The van der Waals surface area contributed by atoms with Gasteiger partial charge in [-0.05, 0) is 24.3 Å². The molecule has 0 spiro atoms. The molecule has 106 valence electrons. The number of fused-ring (bicyclic) bond motifs is 1. The van der Waals surface area contributed by atoms with Crippen molar-refractivity contribution in [1.29, 1.82) is 0 Å². The van der Waals surface area contributed by atoms with E-state index in [9.17, 15) is 4.39 Å². The van der Waals surface area contributed by atoms with Crippen LogP contribution in [-0.4, -0.2) is 9.97 Å². The van der Waals surface area contributed by atoms with E-state index in [0.29, 0.717) is 5.82 Å². The summed E-state index contributed by atoms with van der Waals surface area (Å²) in [5, 5.41) is 0.811. The lowest BCUT2D eigenvalue weighted by Gasteiger charge is -2.18. The standard InChI is InChI=1S/C14H7BrCl2FN3/c15-21(11-6-5-9(16)12(17)13(11)18)14-8-3-1-2-4-10(8)19-7-20-14/h1-7H. The highest BCUT2D eigenvalue weighted by Crippen LogP contribution is 2.38. The van der Waals surface area contributed by atoms with Gasteiger partial charge in [0.2, 0.25) is 0 Å². The molecule has 0 aliphatic carbocycles. The van der Waals surface area contributed by atoms with Gasteiger partial charge in [-0.15, -0.1) is 0 Å². The van der Waals surface area contributed by atoms with Crippen LogP contribution < -0.4 is 3.93 Å². The summed E-state index contributed by atoms with van der Waals surface area (Å²) in [7, 11) is 0. The minimum atomic E-state index is -0.622. The molecule has 2 aromatic carbocycles. The average Bonchev–Trinajstić information content (AvgIpc) is 2.51. The summed E-state index contributed by atoms with van der Waals surface area (Å²) in [6, 6.07) is 10.5. The van der Waals surface area contributed by atoms with Gasteiger partial charge in [0, 0.05) is 5.39 Å².